The molecule has 0 aliphatic rings. The van der Waals surface area contributed by atoms with Crippen molar-refractivity contribution in [1.29, 1.82) is 0 Å². The van der Waals surface area contributed by atoms with Crippen molar-refractivity contribution in [3.05, 3.63) is 0 Å². The molecule has 0 saturated heterocycles. The van der Waals surface area contributed by atoms with Gasteiger partial charge in [-0.1, -0.05) is 0 Å². The second-order valence-corrected chi connectivity index (χ2v) is 5.40. The van der Waals surface area contributed by atoms with Crippen molar-refractivity contribution in [3.8, 4) is 0 Å². The maximum Gasteiger partial charge on any atom is 0.325 e. The van der Waals surface area contributed by atoms with E-state index >= 15 is 0 Å². The van der Waals surface area contributed by atoms with Gasteiger partial charge in [-0.25, -0.2) is 0 Å². The van der Waals surface area contributed by atoms with Gasteiger partial charge < -0.3 is 20.1 Å². The van der Waals surface area contributed by atoms with Gasteiger partial charge in [-0.3, -0.25) is 14.4 Å². The van der Waals surface area contributed by atoms with Crippen molar-refractivity contribution in [2.24, 2.45) is 5.73 Å². The summed E-state index contributed by atoms with van der Waals surface area (Å²) in [7, 11) is 1.42. The second-order valence-electron chi connectivity index (χ2n) is 5.40. The van der Waals surface area contributed by atoms with Crippen molar-refractivity contribution in [1.82, 2.24) is 4.90 Å². The van der Waals surface area contributed by atoms with Crippen molar-refractivity contribution >= 4 is 17.8 Å². The Bertz CT molecular complexity index is 362. The van der Waals surface area contributed by atoms with Crippen molar-refractivity contribution in [2.45, 2.75) is 45.8 Å². The molecule has 0 spiro atoms. The summed E-state index contributed by atoms with van der Waals surface area (Å²) < 4.78 is 9.80. The number of nitrogens with two attached hydrogens (primary N) is 1. The standard InChI is InChI=1S/C13H24N2O5/c1-6-19-11(17)8-15(5)12(18)9(14)7-10(16)20-13(2,3)4/h9H,6-8,14H2,1-5H3/t9-/m0/s1. The number of amides is 1. The Morgan fingerprint density at radius 3 is 2.20 bits per heavy atom. The van der Waals surface area contributed by atoms with Crippen molar-refractivity contribution in [2.75, 3.05) is 20.2 Å². The number of hydrogen-bond donors (Lipinski definition) is 1. The quantitative estimate of drug-likeness (QED) is 0.694. The zero-order valence-corrected chi connectivity index (χ0v) is 12.8. The molecule has 0 bridgehead atoms. The Balaban J connectivity index is 4.33. The van der Waals surface area contributed by atoms with Crippen LogP contribution in [-0.4, -0.2) is 54.6 Å². The zero-order chi connectivity index (χ0) is 15.9. The molecule has 2 N–H and O–H groups in total. The van der Waals surface area contributed by atoms with Gasteiger partial charge in [0.25, 0.3) is 0 Å². The summed E-state index contributed by atoms with van der Waals surface area (Å²) in [6.45, 7) is 6.90. The highest BCUT2D eigenvalue weighted by Crippen LogP contribution is 2.09. The molecule has 0 aromatic rings. The molecular formula is C13H24N2O5. The lowest BCUT2D eigenvalue weighted by molar-refractivity contribution is -0.157. The van der Waals surface area contributed by atoms with Crippen LogP contribution in [-0.2, 0) is 23.9 Å². The summed E-state index contributed by atoms with van der Waals surface area (Å²) in [5.74, 6) is -1.58. The first kappa shape index (κ1) is 18.4. The Hall–Kier alpha value is -1.63. The molecule has 0 unspecified atom stereocenters. The van der Waals surface area contributed by atoms with Crippen molar-refractivity contribution in [3.63, 3.8) is 0 Å². The van der Waals surface area contributed by atoms with Crippen LogP contribution >= 0.6 is 0 Å². The number of rotatable bonds is 6. The molecule has 0 aromatic heterocycles. The number of hydrogen-bond acceptors (Lipinski definition) is 6. The molecule has 1 atom stereocenters. The van der Waals surface area contributed by atoms with Gasteiger partial charge in [0.15, 0.2) is 0 Å². The minimum Gasteiger partial charge on any atom is -0.465 e. The summed E-state index contributed by atoms with van der Waals surface area (Å²) >= 11 is 0. The van der Waals surface area contributed by atoms with Crippen LogP contribution in [0.4, 0.5) is 0 Å². The maximum atomic E-state index is 11.9. The topological polar surface area (TPSA) is 98.9 Å². The molecule has 0 heterocycles. The van der Waals surface area contributed by atoms with Crippen LogP contribution in [0.2, 0.25) is 0 Å². The van der Waals surface area contributed by atoms with E-state index in [4.69, 9.17) is 15.2 Å². The molecule has 0 aromatic carbocycles. The fourth-order valence-corrected chi connectivity index (χ4v) is 1.41. The highest BCUT2D eigenvalue weighted by atomic mass is 16.6. The molecule has 0 aliphatic heterocycles. The van der Waals surface area contributed by atoms with Crippen LogP contribution in [0.1, 0.15) is 34.1 Å². The van der Waals surface area contributed by atoms with Gasteiger partial charge in [0.1, 0.15) is 12.1 Å². The Labute approximate surface area is 119 Å². The predicted octanol–water partition coefficient (Wildman–Crippen LogP) is 0.0670. The molecule has 7 heteroatoms. The van der Waals surface area contributed by atoms with Crippen LogP contribution in [0.25, 0.3) is 0 Å². The highest BCUT2D eigenvalue weighted by molar-refractivity contribution is 5.88. The number of carbonyl (C=O) groups excluding carboxylic acids is 3. The van der Waals surface area contributed by atoms with E-state index in [1.54, 1.807) is 27.7 Å². The summed E-state index contributed by atoms with van der Waals surface area (Å²) in [4.78, 5) is 35.8. The third-order valence-corrected chi connectivity index (χ3v) is 2.17. The van der Waals surface area contributed by atoms with Gasteiger partial charge in [0.05, 0.1) is 19.1 Å². The van der Waals surface area contributed by atoms with Crippen LogP contribution in [0.3, 0.4) is 0 Å². The fourth-order valence-electron chi connectivity index (χ4n) is 1.41. The largest absolute Gasteiger partial charge is 0.465 e. The minimum atomic E-state index is -1.04. The van der Waals surface area contributed by atoms with Gasteiger partial charge in [0.2, 0.25) is 5.91 Å². The average molecular weight is 288 g/mol. The first-order chi connectivity index (χ1) is 9.06. The number of likely N-dealkylation sites (N-methyl/N-ethyl adjacent to an activating group) is 1. The van der Waals surface area contributed by atoms with Gasteiger partial charge in [-0.05, 0) is 27.7 Å². The van der Waals surface area contributed by atoms with Crippen LogP contribution in [0, 0.1) is 0 Å². The van der Waals surface area contributed by atoms with Gasteiger partial charge >= 0.3 is 11.9 Å². The van der Waals surface area contributed by atoms with Crippen LogP contribution < -0.4 is 5.73 Å². The van der Waals surface area contributed by atoms with E-state index in [0.29, 0.717) is 0 Å². The molecule has 0 fully saturated rings. The molecule has 0 rings (SSSR count). The number of nitrogens with zero attached hydrogens (tertiary/aromatic N) is 1. The SMILES string of the molecule is CCOC(=O)CN(C)C(=O)[C@@H](N)CC(=O)OC(C)(C)C. The van der Waals surface area contributed by atoms with Gasteiger partial charge in [0, 0.05) is 7.05 Å². The third kappa shape index (κ3) is 7.73. The molecule has 0 saturated carbocycles. The average Bonchev–Trinajstić information content (AvgIpc) is 2.25. The van der Waals surface area contributed by atoms with E-state index < -0.39 is 29.5 Å². The first-order valence-corrected chi connectivity index (χ1v) is 6.44. The fraction of sp³-hybridized carbons (Fsp3) is 0.769. The molecule has 0 radical (unpaired) electrons. The molecule has 1 amide bonds. The van der Waals surface area contributed by atoms with Gasteiger partial charge in [-0.2, -0.15) is 0 Å². The lowest BCUT2D eigenvalue weighted by atomic mass is 10.1. The lowest BCUT2D eigenvalue weighted by Crippen LogP contribution is -2.45. The van der Waals surface area contributed by atoms with E-state index in [9.17, 15) is 14.4 Å². The smallest absolute Gasteiger partial charge is 0.325 e. The summed E-state index contributed by atoms with van der Waals surface area (Å²) in [5, 5.41) is 0. The van der Waals surface area contributed by atoms with E-state index in [0.717, 1.165) is 4.90 Å². The molecule has 20 heavy (non-hydrogen) atoms. The van der Waals surface area contributed by atoms with E-state index in [1.807, 2.05) is 0 Å². The number of esters is 2. The molecular weight excluding hydrogens is 264 g/mol. The monoisotopic (exact) mass is 288 g/mol. The van der Waals surface area contributed by atoms with E-state index in [-0.39, 0.29) is 19.6 Å². The Kier molecular flexibility index (Phi) is 7.20. The maximum absolute atomic E-state index is 11.9. The van der Waals surface area contributed by atoms with Crippen LogP contribution in [0.15, 0.2) is 0 Å². The van der Waals surface area contributed by atoms with E-state index in [2.05, 4.69) is 0 Å². The predicted molar refractivity (Wildman–Crippen MR) is 72.7 cm³/mol. The molecule has 0 aliphatic carbocycles. The lowest BCUT2D eigenvalue weighted by Gasteiger charge is -2.23. The van der Waals surface area contributed by atoms with E-state index in [1.165, 1.54) is 7.05 Å². The normalized spacial score (nSPS) is 12.5. The minimum absolute atomic E-state index is 0.200. The number of carbonyl (C=O) groups is 3. The molecule has 116 valence electrons. The summed E-state index contributed by atoms with van der Waals surface area (Å²) in [5.41, 5.74) is 5.02. The highest BCUT2D eigenvalue weighted by Gasteiger charge is 2.25. The zero-order valence-electron chi connectivity index (χ0n) is 12.8. The van der Waals surface area contributed by atoms with Crippen LogP contribution in [0.5, 0.6) is 0 Å². The molecule has 7 nitrogen and oxygen atoms in total. The first-order valence-electron chi connectivity index (χ1n) is 6.44. The Morgan fingerprint density at radius 1 is 1.20 bits per heavy atom. The number of ether oxygens (including phenoxy) is 2. The second kappa shape index (κ2) is 7.84. The Morgan fingerprint density at radius 2 is 1.75 bits per heavy atom. The van der Waals surface area contributed by atoms with Gasteiger partial charge in [-0.15, -0.1) is 0 Å². The summed E-state index contributed by atoms with van der Waals surface area (Å²) in [6.07, 6.45) is -0.233. The summed E-state index contributed by atoms with van der Waals surface area (Å²) in [6, 6.07) is -1.04. The third-order valence-electron chi connectivity index (χ3n) is 2.17. The van der Waals surface area contributed by atoms with Crippen molar-refractivity contribution < 1.29 is 23.9 Å².